The fourth-order valence-corrected chi connectivity index (χ4v) is 4.03. The Morgan fingerprint density at radius 3 is 2.85 bits per heavy atom. The van der Waals surface area contributed by atoms with E-state index in [1.807, 2.05) is 13.1 Å². The van der Waals surface area contributed by atoms with Crippen LogP contribution in [0.25, 0.3) is 0 Å². The van der Waals surface area contributed by atoms with E-state index in [1.165, 1.54) is 25.7 Å². The van der Waals surface area contributed by atoms with Crippen LogP contribution in [-0.4, -0.2) is 23.7 Å². The Kier molecular flexibility index (Phi) is 3.91. The SMILES string of the molecule is CCOC1CC(Nc2cnc(Cl)c(C)c2)C12CCCC2. The smallest absolute Gasteiger partial charge is 0.132 e. The zero-order chi connectivity index (χ0) is 14.2. The molecule has 2 aliphatic rings. The molecule has 0 bridgehead atoms. The van der Waals surface area contributed by atoms with Crippen molar-refractivity contribution in [3.05, 3.63) is 23.0 Å². The maximum atomic E-state index is 5.99. The molecule has 0 saturated heterocycles. The molecule has 1 spiro atoms. The summed E-state index contributed by atoms with van der Waals surface area (Å²) < 4.78 is 5.95. The van der Waals surface area contributed by atoms with Gasteiger partial charge in [-0.05, 0) is 44.7 Å². The maximum absolute atomic E-state index is 5.99. The van der Waals surface area contributed by atoms with Gasteiger partial charge in [-0.1, -0.05) is 24.4 Å². The number of pyridine rings is 1. The number of hydrogen-bond donors (Lipinski definition) is 1. The molecule has 2 aliphatic carbocycles. The van der Waals surface area contributed by atoms with Crippen molar-refractivity contribution in [3.8, 4) is 0 Å². The lowest BCUT2D eigenvalue weighted by Crippen LogP contribution is -2.60. The van der Waals surface area contributed by atoms with Gasteiger partial charge in [0, 0.05) is 18.1 Å². The number of hydrogen-bond acceptors (Lipinski definition) is 3. The third-order valence-electron chi connectivity index (χ3n) is 5.04. The van der Waals surface area contributed by atoms with Crippen LogP contribution in [0.1, 0.15) is 44.6 Å². The largest absolute Gasteiger partial charge is 0.380 e. The van der Waals surface area contributed by atoms with E-state index in [4.69, 9.17) is 16.3 Å². The molecule has 2 saturated carbocycles. The standard InChI is InChI=1S/C16H23ClN2O/c1-3-20-14-9-13(16(14)6-4-5-7-16)19-12-8-11(2)15(17)18-10-12/h8,10,13-14,19H,3-7,9H2,1-2H3. The number of aromatic nitrogens is 1. The third kappa shape index (κ3) is 2.31. The molecule has 1 aromatic heterocycles. The second kappa shape index (κ2) is 5.53. The molecule has 0 amide bonds. The average Bonchev–Trinajstić information content (AvgIpc) is 2.94. The minimum atomic E-state index is 0.351. The summed E-state index contributed by atoms with van der Waals surface area (Å²) in [4.78, 5) is 4.23. The number of nitrogens with zero attached hydrogens (tertiary/aromatic N) is 1. The predicted octanol–water partition coefficient (Wildman–Crippen LogP) is 4.19. The summed E-state index contributed by atoms with van der Waals surface area (Å²) >= 11 is 5.99. The molecule has 20 heavy (non-hydrogen) atoms. The summed E-state index contributed by atoms with van der Waals surface area (Å²) in [6.07, 6.45) is 8.62. The number of aryl methyl sites for hydroxylation is 1. The van der Waals surface area contributed by atoms with E-state index in [0.29, 0.717) is 22.7 Å². The monoisotopic (exact) mass is 294 g/mol. The van der Waals surface area contributed by atoms with Gasteiger partial charge in [0.15, 0.2) is 0 Å². The summed E-state index contributed by atoms with van der Waals surface area (Å²) in [5.41, 5.74) is 2.46. The first-order valence-corrected chi connectivity index (χ1v) is 8.04. The van der Waals surface area contributed by atoms with Crippen molar-refractivity contribution in [3.63, 3.8) is 0 Å². The quantitative estimate of drug-likeness (QED) is 0.845. The fraction of sp³-hybridized carbons (Fsp3) is 0.688. The Morgan fingerprint density at radius 1 is 1.45 bits per heavy atom. The Balaban J connectivity index is 1.72. The van der Waals surface area contributed by atoms with Gasteiger partial charge in [-0.2, -0.15) is 0 Å². The lowest BCUT2D eigenvalue weighted by Gasteiger charge is -2.54. The molecule has 0 radical (unpaired) electrons. The van der Waals surface area contributed by atoms with Gasteiger partial charge in [0.25, 0.3) is 0 Å². The molecule has 2 atom stereocenters. The van der Waals surface area contributed by atoms with Crippen LogP contribution in [-0.2, 0) is 4.74 Å². The molecule has 2 fully saturated rings. The predicted molar refractivity (Wildman–Crippen MR) is 82.3 cm³/mol. The van der Waals surface area contributed by atoms with Crippen LogP contribution in [0.4, 0.5) is 5.69 Å². The Hall–Kier alpha value is -0.800. The van der Waals surface area contributed by atoms with Gasteiger partial charge in [-0.25, -0.2) is 4.98 Å². The van der Waals surface area contributed by atoms with Gasteiger partial charge in [0.2, 0.25) is 0 Å². The average molecular weight is 295 g/mol. The van der Waals surface area contributed by atoms with Crippen LogP contribution in [0.5, 0.6) is 0 Å². The zero-order valence-corrected chi connectivity index (χ0v) is 13.0. The van der Waals surface area contributed by atoms with Crippen molar-refractivity contribution < 1.29 is 4.74 Å². The molecule has 1 aromatic rings. The maximum Gasteiger partial charge on any atom is 0.132 e. The van der Waals surface area contributed by atoms with E-state index >= 15 is 0 Å². The Morgan fingerprint density at radius 2 is 2.20 bits per heavy atom. The van der Waals surface area contributed by atoms with Crippen LogP contribution in [0, 0.1) is 12.3 Å². The summed E-state index contributed by atoms with van der Waals surface area (Å²) in [7, 11) is 0. The van der Waals surface area contributed by atoms with E-state index in [-0.39, 0.29) is 0 Å². The van der Waals surface area contributed by atoms with E-state index < -0.39 is 0 Å². The number of halogens is 1. The zero-order valence-electron chi connectivity index (χ0n) is 12.3. The van der Waals surface area contributed by atoms with Crippen molar-refractivity contribution in [2.24, 2.45) is 5.41 Å². The van der Waals surface area contributed by atoms with Crippen LogP contribution < -0.4 is 5.32 Å². The molecule has 1 heterocycles. The number of rotatable bonds is 4. The van der Waals surface area contributed by atoms with Gasteiger partial charge in [-0.3, -0.25) is 0 Å². The summed E-state index contributed by atoms with van der Waals surface area (Å²) in [6, 6.07) is 2.61. The Bertz CT molecular complexity index is 485. The molecule has 110 valence electrons. The van der Waals surface area contributed by atoms with Crippen molar-refractivity contribution in [1.29, 1.82) is 0 Å². The van der Waals surface area contributed by atoms with E-state index in [9.17, 15) is 0 Å². The molecular weight excluding hydrogens is 272 g/mol. The molecule has 3 nitrogen and oxygen atoms in total. The molecule has 0 aliphatic heterocycles. The van der Waals surface area contributed by atoms with Crippen molar-refractivity contribution in [1.82, 2.24) is 4.98 Å². The molecule has 0 aromatic carbocycles. The summed E-state index contributed by atoms with van der Waals surface area (Å²) in [5.74, 6) is 0. The molecule has 3 rings (SSSR count). The third-order valence-corrected chi connectivity index (χ3v) is 5.44. The fourth-order valence-electron chi connectivity index (χ4n) is 3.93. The molecule has 2 unspecified atom stereocenters. The topological polar surface area (TPSA) is 34.1 Å². The van der Waals surface area contributed by atoms with Gasteiger partial charge in [0.05, 0.1) is 18.0 Å². The number of ether oxygens (including phenoxy) is 1. The van der Waals surface area contributed by atoms with Crippen LogP contribution in [0.3, 0.4) is 0 Å². The summed E-state index contributed by atoms with van der Waals surface area (Å²) in [6.45, 7) is 4.91. The van der Waals surface area contributed by atoms with Crippen molar-refractivity contribution in [2.45, 2.75) is 58.1 Å². The highest BCUT2D eigenvalue weighted by Gasteiger charge is 2.56. The first kappa shape index (κ1) is 14.2. The number of anilines is 1. The van der Waals surface area contributed by atoms with Gasteiger partial charge < -0.3 is 10.1 Å². The second-order valence-corrected chi connectivity index (χ2v) is 6.51. The van der Waals surface area contributed by atoms with E-state index in [2.05, 4.69) is 23.3 Å². The summed E-state index contributed by atoms with van der Waals surface area (Å²) in [5, 5.41) is 4.26. The second-order valence-electron chi connectivity index (χ2n) is 6.15. The van der Waals surface area contributed by atoms with Gasteiger partial charge in [0.1, 0.15) is 5.15 Å². The highest BCUT2D eigenvalue weighted by Crippen LogP contribution is 2.55. The Labute approximate surface area is 126 Å². The first-order valence-electron chi connectivity index (χ1n) is 7.66. The lowest BCUT2D eigenvalue weighted by molar-refractivity contribution is -0.114. The van der Waals surface area contributed by atoms with Crippen LogP contribution in [0.15, 0.2) is 12.3 Å². The normalized spacial score (nSPS) is 27.6. The minimum Gasteiger partial charge on any atom is -0.380 e. The minimum absolute atomic E-state index is 0.351. The molecular formula is C16H23ClN2O. The highest BCUT2D eigenvalue weighted by molar-refractivity contribution is 6.30. The van der Waals surface area contributed by atoms with Crippen molar-refractivity contribution in [2.75, 3.05) is 11.9 Å². The van der Waals surface area contributed by atoms with E-state index in [1.54, 1.807) is 0 Å². The highest BCUT2D eigenvalue weighted by atomic mass is 35.5. The first-order chi connectivity index (χ1) is 9.65. The lowest BCUT2D eigenvalue weighted by atomic mass is 9.60. The van der Waals surface area contributed by atoms with Gasteiger partial charge in [-0.15, -0.1) is 0 Å². The van der Waals surface area contributed by atoms with Crippen molar-refractivity contribution >= 4 is 17.3 Å². The molecule has 4 heteroatoms. The molecule has 1 N–H and O–H groups in total. The van der Waals surface area contributed by atoms with Gasteiger partial charge >= 0.3 is 0 Å². The van der Waals surface area contributed by atoms with Crippen LogP contribution >= 0.6 is 11.6 Å². The van der Waals surface area contributed by atoms with E-state index in [0.717, 1.165) is 24.3 Å². The van der Waals surface area contributed by atoms with Crippen LogP contribution in [0.2, 0.25) is 5.15 Å². The number of nitrogens with one attached hydrogen (secondary N) is 1.